The normalized spacial score (nSPS) is 11.1. The van der Waals surface area contributed by atoms with Crippen molar-refractivity contribution in [2.75, 3.05) is 7.11 Å². The van der Waals surface area contributed by atoms with E-state index in [1.165, 1.54) is 48.8 Å². The van der Waals surface area contributed by atoms with Gasteiger partial charge in [0.25, 0.3) is 5.69 Å². The Hall–Kier alpha value is -2.58. The van der Waals surface area contributed by atoms with Crippen molar-refractivity contribution in [3.63, 3.8) is 0 Å². The number of rotatable bonds is 6. The van der Waals surface area contributed by atoms with Gasteiger partial charge < -0.3 is 9.15 Å². The number of hydrogen-bond acceptors (Lipinski definition) is 6. The highest BCUT2D eigenvalue weighted by atomic mass is 79.9. The predicted molar refractivity (Wildman–Crippen MR) is 109 cm³/mol. The molecule has 0 spiro atoms. The molecule has 8 heteroatoms. The number of nitro benzene ring substituents is 1. The van der Waals surface area contributed by atoms with Gasteiger partial charge in [-0.15, -0.1) is 0 Å². The zero-order valence-electron chi connectivity index (χ0n) is 14.5. The van der Waals surface area contributed by atoms with Gasteiger partial charge in [0.1, 0.15) is 17.2 Å². The van der Waals surface area contributed by atoms with Crippen LogP contribution in [0.5, 0.6) is 5.75 Å². The molecule has 1 heterocycles. The summed E-state index contributed by atoms with van der Waals surface area (Å²) in [4.78, 5) is 15.8. The van der Waals surface area contributed by atoms with Crippen LogP contribution in [0.1, 0.15) is 11.3 Å². The Labute approximate surface area is 168 Å². The van der Waals surface area contributed by atoms with Gasteiger partial charge in [-0.05, 0) is 41.1 Å². The van der Waals surface area contributed by atoms with Crippen molar-refractivity contribution >= 4 is 45.3 Å². The van der Waals surface area contributed by atoms with E-state index in [1.807, 2.05) is 31.2 Å². The van der Waals surface area contributed by atoms with Gasteiger partial charge in [0.05, 0.1) is 22.7 Å². The molecule has 6 nitrogen and oxygen atoms in total. The summed E-state index contributed by atoms with van der Waals surface area (Å²) in [5, 5.41) is 11.7. The molecule has 0 aliphatic carbocycles. The van der Waals surface area contributed by atoms with Crippen molar-refractivity contribution in [1.29, 1.82) is 0 Å². The number of aliphatic imine (C=N–C) groups is 1. The summed E-state index contributed by atoms with van der Waals surface area (Å²) >= 11 is 4.97. The fourth-order valence-electron chi connectivity index (χ4n) is 2.24. The minimum atomic E-state index is -0.474. The summed E-state index contributed by atoms with van der Waals surface area (Å²) < 4.78 is 11.8. The Bertz CT molecular complexity index is 999. The lowest BCUT2D eigenvalue weighted by Gasteiger charge is -2.03. The van der Waals surface area contributed by atoms with Gasteiger partial charge in [-0.2, -0.15) is 0 Å². The maximum absolute atomic E-state index is 11.0. The van der Waals surface area contributed by atoms with E-state index in [2.05, 4.69) is 20.9 Å². The summed E-state index contributed by atoms with van der Waals surface area (Å²) in [6.45, 7) is 2.04. The Morgan fingerprint density at radius 1 is 1.22 bits per heavy atom. The van der Waals surface area contributed by atoms with Crippen LogP contribution in [-0.4, -0.2) is 18.2 Å². The molecule has 3 rings (SSSR count). The Kier molecular flexibility index (Phi) is 5.98. The van der Waals surface area contributed by atoms with Crippen LogP contribution in [0, 0.1) is 17.0 Å². The largest absolute Gasteiger partial charge is 0.494 e. The molecule has 0 saturated carbocycles. The number of halogens is 1. The van der Waals surface area contributed by atoms with E-state index >= 15 is 0 Å². The van der Waals surface area contributed by atoms with Gasteiger partial charge in [0, 0.05) is 23.1 Å². The second kappa shape index (κ2) is 8.41. The third kappa shape index (κ3) is 4.78. The molecule has 0 aliphatic heterocycles. The SMILES string of the molecule is COc1ccc([N+](=O)[O-])cc1N=Cc1cc(Br)c(Sc2ccc(C)cc2)o1. The first-order valence-corrected chi connectivity index (χ1v) is 9.47. The van der Waals surface area contributed by atoms with Gasteiger partial charge in [-0.25, -0.2) is 4.99 Å². The molecule has 0 bridgehead atoms. The molecule has 0 aliphatic rings. The molecule has 138 valence electrons. The molecule has 0 N–H and O–H groups in total. The zero-order valence-corrected chi connectivity index (χ0v) is 16.9. The summed E-state index contributed by atoms with van der Waals surface area (Å²) in [5.41, 5.74) is 1.49. The fourth-order valence-corrected chi connectivity index (χ4v) is 3.57. The number of methoxy groups -OCH3 is 1. The first-order valence-electron chi connectivity index (χ1n) is 7.86. The number of furan rings is 1. The van der Waals surface area contributed by atoms with Crippen LogP contribution in [-0.2, 0) is 0 Å². The van der Waals surface area contributed by atoms with E-state index in [0.29, 0.717) is 22.3 Å². The lowest BCUT2D eigenvalue weighted by atomic mass is 10.2. The number of ether oxygens (including phenoxy) is 1. The Morgan fingerprint density at radius 3 is 2.63 bits per heavy atom. The van der Waals surface area contributed by atoms with E-state index in [9.17, 15) is 10.1 Å². The third-order valence-corrected chi connectivity index (χ3v) is 5.46. The molecule has 3 aromatic rings. The molecule has 0 radical (unpaired) electrons. The number of aryl methyl sites for hydroxylation is 1. The van der Waals surface area contributed by atoms with E-state index in [4.69, 9.17) is 9.15 Å². The van der Waals surface area contributed by atoms with Gasteiger partial charge in [0.2, 0.25) is 0 Å². The van der Waals surface area contributed by atoms with Gasteiger partial charge in [-0.3, -0.25) is 10.1 Å². The lowest BCUT2D eigenvalue weighted by Crippen LogP contribution is -1.89. The highest BCUT2D eigenvalue weighted by Crippen LogP contribution is 2.36. The topological polar surface area (TPSA) is 77.9 Å². The Morgan fingerprint density at radius 2 is 1.96 bits per heavy atom. The molecule has 27 heavy (non-hydrogen) atoms. The second-order valence-electron chi connectivity index (χ2n) is 5.57. The quantitative estimate of drug-likeness (QED) is 0.257. The second-order valence-corrected chi connectivity index (χ2v) is 7.47. The average molecular weight is 447 g/mol. The van der Waals surface area contributed by atoms with Crippen LogP contribution in [0.25, 0.3) is 0 Å². The van der Waals surface area contributed by atoms with E-state index in [1.54, 1.807) is 6.07 Å². The summed E-state index contributed by atoms with van der Waals surface area (Å²) in [6, 6.07) is 14.2. The van der Waals surface area contributed by atoms with Crippen molar-refractivity contribution in [2.24, 2.45) is 4.99 Å². The molecule has 2 aromatic carbocycles. The summed E-state index contributed by atoms with van der Waals surface area (Å²) in [5.74, 6) is 0.960. The number of non-ortho nitro benzene ring substituents is 1. The van der Waals surface area contributed by atoms with Gasteiger partial charge in [-0.1, -0.05) is 29.5 Å². The molecule has 0 atom stereocenters. The lowest BCUT2D eigenvalue weighted by molar-refractivity contribution is -0.384. The van der Waals surface area contributed by atoms with Crippen molar-refractivity contribution < 1.29 is 14.1 Å². The van der Waals surface area contributed by atoms with Crippen LogP contribution in [0.15, 0.2) is 72.4 Å². The molecule has 0 fully saturated rings. The minimum absolute atomic E-state index is 0.0563. The molecular formula is C19H15BrN2O4S. The van der Waals surface area contributed by atoms with Crippen LogP contribution in [0.4, 0.5) is 11.4 Å². The third-order valence-electron chi connectivity index (χ3n) is 3.61. The van der Waals surface area contributed by atoms with Crippen LogP contribution < -0.4 is 4.74 Å². The fraction of sp³-hybridized carbons (Fsp3) is 0.105. The summed E-state index contributed by atoms with van der Waals surface area (Å²) in [7, 11) is 1.49. The van der Waals surface area contributed by atoms with Crippen LogP contribution >= 0.6 is 27.7 Å². The molecule has 0 unspecified atom stereocenters. The zero-order chi connectivity index (χ0) is 19.4. The van der Waals surface area contributed by atoms with Crippen molar-refractivity contribution in [2.45, 2.75) is 16.9 Å². The van der Waals surface area contributed by atoms with Crippen LogP contribution in [0.2, 0.25) is 0 Å². The average Bonchev–Trinajstić information content (AvgIpc) is 3.01. The van der Waals surface area contributed by atoms with Crippen LogP contribution in [0.3, 0.4) is 0 Å². The molecule has 0 amide bonds. The smallest absolute Gasteiger partial charge is 0.271 e. The maximum Gasteiger partial charge on any atom is 0.271 e. The first-order chi connectivity index (χ1) is 13.0. The molecular weight excluding hydrogens is 432 g/mol. The minimum Gasteiger partial charge on any atom is -0.494 e. The highest BCUT2D eigenvalue weighted by molar-refractivity contribution is 9.10. The van der Waals surface area contributed by atoms with Crippen molar-refractivity contribution in [3.05, 3.63) is 74.4 Å². The number of nitrogens with zero attached hydrogens (tertiary/aromatic N) is 2. The highest BCUT2D eigenvalue weighted by Gasteiger charge is 2.12. The first kappa shape index (κ1) is 19.2. The van der Waals surface area contributed by atoms with Gasteiger partial charge >= 0.3 is 0 Å². The van der Waals surface area contributed by atoms with E-state index in [-0.39, 0.29) is 5.69 Å². The monoisotopic (exact) mass is 446 g/mol. The molecule has 1 aromatic heterocycles. The maximum atomic E-state index is 11.0. The van der Waals surface area contributed by atoms with E-state index < -0.39 is 4.92 Å². The van der Waals surface area contributed by atoms with E-state index in [0.717, 1.165) is 9.37 Å². The van der Waals surface area contributed by atoms with Crippen molar-refractivity contribution in [1.82, 2.24) is 0 Å². The number of benzene rings is 2. The number of nitro groups is 1. The predicted octanol–water partition coefficient (Wildman–Crippen LogP) is 6.17. The Balaban J connectivity index is 1.83. The molecule has 0 saturated heterocycles. The van der Waals surface area contributed by atoms with Gasteiger partial charge in [0.15, 0.2) is 5.09 Å². The summed E-state index contributed by atoms with van der Waals surface area (Å²) in [6.07, 6.45) is 1.51. The number of hydrogen-bond donors (Lipinski definition) is 0. The standard InChI is InChI=1S/C19H15BrN2O4S/c1-12-3-6-15(7-4-12)27-19-16(20)10-14(26-19)11-21-17-9-13(22(23)24)5-8-18(17)25-2/h3-11H,1-2H3. The van der Waals surface area contributed by atoms with Crippen molar-refractivity contribution in [3.8, 4) is 5.75 Å².